The molecule has 0 spiro atoms. The van der Waals surface area contributed by atoms with Crippen molar-refractivity contribution < 1.29 is 9.53 Å². The van der Waals surface area contributed by atoms with Gasteiger partial charge in [0.15, 0.2) is 5.69 Å². The van der Waals surface area contributed by atoms with E-state index in [-0.39, 0.29) is 18.3 Å². The summed E-state index contributed by atoms with van der Waals surface area (Å²) in [7, 11) is 1.67. The number of nitrogens with one attached hydrogen (secondary N) is 2. The van der Waals surface area contributed by atoms with Gasteiger partial charge in [-0.2, -0.15) is 5.10 Å². The van der Waals surface area contributed by atoms with Crippen molar-refractivity contribution >= 4 is 29.9 Å². The van der Waals surface area contributed by atoms with E-state index in [2.05, 4.69) is 15.7 Å². The number of carbonyl (C=O) groups is 1. The third-order valence-electron chi connectivity index (χ3n) is 4.79. The predicted molar refractivity (Wildman–Crippen MR) is 114 cm³/mol. The first kappa shape index (κ1) is 22.7. The van der Waals surface area contributed by atoms with Crippen LogP contribution in [0.15, 0.2) is 24.3 Å². The van der Waals surface area contributed by atoms with Crippen LogP contribution in [0.1, 0.15) is 41.0 Å². The molecule has 1 aromatic carbocycles. The zero-order valence-corrected chi connectivity index (χ0v) is 17.7. The molecule has 0 unspecified atom stereocenters. The molecule has 1 aromatic heterocycles. The molecule has 1 aliphatic carbocycles. The van der Waals surface area contributed by atoms with E-state index < -0.39 is 0 Å². The van der Waals surface area contributed by atoms with Gasteiger partial charge in [-0.25, -0.2) is 4.68 Å². The molecule has 2 N–H and O–H groups in total. The lowest BCUT2D eigenvalue weighted by Gasteiger charge is -2.07. The fraction of sp³-hybridized carbons (Fsp3) is 0.500. The average Bonchev–Trinajstić information content (AvgIpc) is 2.86. The molecule has 0 bridgehead atoms. The van der Waals surface area contributed by atoms with Gasteiger partial charge in [0.05, 0.1) is 12.3 Å². The Bertz CT molecular complexity index is 762. The van der Waals surface area contributed by atoms with Gasteiger partial charge in [0.2, 0.25) is 0 Å². The topological polar surface area (TPSA) is 68.2 Å². The number of nitrogens with zero attached hydrogens (tertiary/aromatic N) is 2. The summed E-state index contributed by atoms with van der Waals surface area (Å²) in [4.78, 5) is 12.8. The third-order valence-corrected chi connectivity index (χ3v) is 5.04. The number of benzene rings is 1. The molecule has 1 aliphatic rings. The van der Waals surface area contributed by atoms with Crippen LogP contribution in [0, 0.1) is 0 Å². The Balaban J connectivity index is 0.00000280. The fourth-order valence-electron chi connectivity index (χ4n) is 3.40. The summed E-state index contributed by atoms with van der Waals surface area (Å²) in [6.07, 6.45) is 5.24. The van der Waals surface area contributed by atoms with Crippen LogP contribution >= 0.6 is 24.0 Å². The van der Waals surface area contributed by atoms with E-state index in [4.69, 9.17) is 16.3 Å². The second-order valence-electron chi connectivity index (χ2n) is 6.72. The second kappa shape index (κ2) is 11.4. The third kappa shape index (κ3) is 5.70. The maximum Gasteiger partial charge on any atom is 0.272 e. The van der Waals surface area contributed by atoms with Crippen LogP contribution in [0.25, 0.3) is 5.69 Å². The van der Waals surface area contributed by atoms with Crippen LogP contribution in [0.3, 0.4) is 0 Å². The van der Waals surface area contributed by atoms with E-state index in [0.29, 0.717) is 30.4 Å². The van der Waals surface area contributed by atoms with Crippen molar-refractivity contribution in [2.24, 2.45) is 0 Å². The molecule has 0 aliphatic heterocycles. The first-order chi connectivity index (χ1) is 13.2. The Labute approximate surface area is 177 Å². The molecule has 6 nitrogen and oxygen atoms in total. The van der Waals surface area contributed by atoms with Crippen LogP contribution < -0.4 is 10.6 Å². The summed E-state index contributed by atoms with van der Waals surface area (Å²) in [5, 5.41) is 11.6. The number of aromatic nitrogens is 2. The number of carbonyl (C=O) groups excluding carboxylic acids is 1. The van der Waals surface area contributed by atoms with E-state index in [1.165, 1.54) is 6.42 Å². The molecule has 0 saturated carbocycles. The largest absolute Gasteiger partial charge is 0.383 e. The Kier molecular flexibility index (Phi) is 9.25. The molecule has 8 heteroatoms. The Morgan fingerprint density at radius 1 is 1.14 bits per heavy atom. The molecule has 2 aromatic rings. The SMILES string of the molecule is COCCNCCNC(=O)c1nn(-c2ccc(Cl)cc2)c2c1CCCCC2.Cl. The van der Waals surface area contributed by atoms with Gasteiger partial charge in [-0.3, -0.25) is 4.79 Å². The number of amides is 1. The van der Waals surface area contributed by atoms with Crippen LogP contribution in [-0.4, -0.2) is 49.0 Å². The molecule has 0 atom stereocenters. The summed E-state index contributed by atoms with van der Waals surface area (Å²) < 4.78 is 6.91. The number of hydrogen-bond donors (Lipinski definition) is 2. The molecule has 0 fully saturated rings. The number of halogens is 2. The highest BCUT2D eigenvalue weighted by Gasteiger charge is 2.24. The zero-order valence-electron chi connectivity index (χ0n) is 16.2. The quantitative estimate of drug-likeness (QED) is 0.502. The molecule has 0 saturated heterocycles. The van der Waals surface area contributed by atoms with E-state index in [1.54, 1.807) is 7.11 Å². The van der Waals surface area contributed by atoms with Crippen LogP contribution in [0.2, 0.25) is 5.02 Å². The van der Waals surface area contributed by atoms with Gasteiger partial charge >= 0.3 is 0 Å². The summed E-state index contributed by atoms with van der Waals surface area (Å²) in [5.41, 5.74) is 3.74. The monoisotopic (exact) mass is 426 g/mol. The molecule has 3 rings (SSSR count). The van der Waals surface area contributed by atoms with Crippen molar-refractivity contribution in [3.05, 3.63) is 46.2 Å². The molecular weight excluding hydrogens is 399 g/mol. The van der Waals surface area contributed by atoms with Gasteiger partial charge in [-0.15, -0.1) is 12.4 Å². The van der Waals surface area contributed by atoms with E-state index in [0.717, 1.165) is 49.2 Å². The van der Waals surface area contributed by atoms with Gasteiger partial charge in [-0.05, 0) is 49.9 Å². The minimum Gasteiger partial charge on any atom is -0.383 e. The van der Waals surface area contributed by atoms with Crippen molar-refractivity contribution in [3.8, 4) is 5.69 Å². The lowest BCUT2D eigenvalue weighted by atomic mass is 10.1. The normalized spacial score (nSPS) is 13.4. The number of fused-ring (bicyclic) bond motifs is 1. The predicted octanol–water partition coefficient (Wildman–Crippen LogP) is 3.18. The van der Waals surface area contributed by atoms with Crippen LogP contribution in [0.5, 0.6) is 0 Å². The lowest BCUT2D eigenvalue weighted by Crippen LogP contribution is -2.33. The minimum absolute atomic E-state index is 0. The summed E-state index contributed by atoms with van der Waals surface area (Å²) in [6, 6.07) is 7.60. The molecule has 28 heavy (non-hydrogen) atoms. The first-order valence-electron chi connectivity index (χ1n) is 9.55. The number of rotatable bonds is 8. The maximum absolute atomic E-state index is 12.8. The van der Waals surface area contributed by atoms with Crippen molar-refractivity contribution in [1.82, 2.24) is 20.4 Å². The number of methoxy groups -OCH3 is 1. The molecule has 1 amide bonds. The average molecular weight is 427 g/mol. The van der Waals surface area contributed by atoms with Crippen molar-refractivity contribution in [2.45, 2.75) is 32.1 Å². The smallest absolute Gasteiger partial charge is 0.272 e. The highest BCUT2D eigenvalue weighted by atomic mass is 35.5. The maximum atomic E-state index is 12.8. The summed E-state index contributed by atoms with van der Waals surface area (Å²) in [5.74, 6) is -0.102. The molecule has 0 radical (unpaired) electrons. The Morgan fingerprint density at radius 3 is 2.64 bits per heavy atom. The highest BCUT2D eigenvalue weighted by Crippen LogP contribution is 2.26. The van der Waals surface area contributed by atoms with Gasteiger partial charge in [0.1, 0.15) is 0 Å². The standard InChI is InChI=1S/C20H27ClN4O2.ClH/c1-27-14-13-22-11-12-23-20(26)19-17-5-3-2-4-6-18(17)25(24-19)16-9-7-15(21)8-10-16;/h7-10,22H,2-6,11-14H2,1H3,(H,23,26);1H. The zero-order chi connectivity index (χ0) is 19.1. The van der Waals surface area contributed by atoms with Gasteiger partial charge in [-0.1, -0.05) is 18.0 Å². The Morgan fingerprint density at radius 2 is 1.89 bits per heavy atom. The second-order valence-corrected chi connectivity index (χ2v) is 7.16. The van der Waals surface area contributed by atoms with E-state index >= 15 is 0 Å². The van der Waals surface area contributed by atoms with Gasteiger partial charge in [0.25, 0.3) is 5.91 Å². The fourth-order valence-corrected chi connectivity index (χ4v) is 3.53. The van der Waals surface area contributed by atoms with Crippen molar-refractivity contribution in [2.75, 3.05) is 33.4 Å². The number of ether oxygens (including phenoxy) is 1. The lowest BCUT2D eigenvalue weighted by molar-refractivity contribution is 0.0947. The highest BCUT2D eigenvalue weighted by molar-refractivity contribution is 6.30. The van der Waals surface area contributed by atoms with E-state index in [9.17, 15) is 4.79 Å². The van der Waals surface area contributed by atoms with E-state index in [1.807, 2.05) is 28.9 Å². The molecule has 154 valence electrons. The number of hydrogen-bond acceptors (Lipinski definition) is 4. The summed E-state index contributed by atoms with van der Waals surface area (Å²) >= 11 is 6.02. The van der Waals surface area contributed by atoms with Crippen molar-refractivity contribution in [1.29, 1.82) is 0 Å². The minimum atomic E-state index is -0.102. The summed E-state index contributed by atoms with van der Waals surface area (Å²) in [6.45, 7) is 2.69. The molecular formula is C20H28Cl2N4O2. The van der Waals surface area contributed by atoms with Crippen LogP contribution in [-0.2, 0) is 17.6 Å². The molecule has 1 heterocycles. The van der Waals surface area contributed by atoms with Gasteiger partial charge in [0, 0.05) is 43.0 Å². The Hall–Kier alpha value is -1.60. The first-order valence-corrected chi connectivity index (χ1v) is 9.93. The van der Waals surface area contributed by atoms with Gasteiger partial charge < -0.3 is 15.4 Å². The van der Waals surface area contributed by atoms with Crippen molar-refractivity contribution in [3.63, 3.8) is 0 Å². The van der Waals surface area contributed by atoms with Crippen LogP contribution in [0.4, 0.5) is 0 Å².